The minimum atomic E-state index is -1.08. The largest absolute Gasteiger partial charge is 0.497 e. The Labute approximate surface area is 116 Å². The van der Waals surface area contributed by atoms with Crippen LogP contribution in [0.5, 0.6) is 17.5 Å². The van der Waals surface area contributed by atoms with Crippen LogP contribution in [-0.2, 0) is 0 Å². The Morgan fingerprint density at radius 1 is 1.35 bits per heavy atom. The quantitative estimate of drug-likeness (QED) is 0.908. The van der Waals surface area contributed by atoms with Gasteiger partial charge in [-0.1, -0.05) is 6.07 Å². The second-order valence-corrected chi connectivity index (χ2v) is 4.50. The average molecular weight is 276 g/mol. The van der Waals surface area contributed by atoms with E-state index in [-0.39, 0.29) is 17.7 Å². The third-order valence-electron chi connectivity index (χ3n) is 2.72. The number of methoxy groups -OCH3 is 1. The lowest BCUT2D eigenvalue weighted by molar-refractivity contribution is 0.0690. The number of hydrogen-bond donors (Lipinski definition) is 1. The number of rotatable bonds is 5. The van der Waals surface area contributed by atoms with E-state index in [2.05, 4.69) is 4.98 Å². The zero-order chi connectivity index (χ0) is 14.7. The molecular formula is C14H16N2O4. The van der Waals surface area contributed by atoms with Gasteiger partial charge in [-0.15, -0.1) is 0 Å². The molecule has 20 heavy (non-hydrogen) atoms. The van der Waals surface area contributed by atoms with Crippen LogP contribution in [0, 0.1) is 0 Å². The van der Waals surface area contributed by atoms with Gasteiger partial charge in [0.05, 0.1) is 7.11 Å². The fraction of sp³-hybridized carbons (Fsp3) is 0.286. The van der Waals surface area contributed by atoms with Crippen molar-refractivity contribution in [2.75, 3.05) is 7.11 Å². The van der Waals surface area contributed by atoms with Crippen LogP contribution in [0.2, 0.25) is 0 Å². The molecule has 0 saturated heterocycles. The molecule has 106 valence electrons. The molecule has 0 fully saturated rings. The van der Waals surface area contributed by atoms with Crippen LogP contribution in [0.15, 0.2) is 30.5 Å². The average Bonchev–Trinajstić information content (AvgIpc) is 2.83. The van der Waals surface area contributed by atoms with E-state index in [1.54, 1.807) is 35.9 Å². The molecule has 0 atom stereocenters. The van der Waals surface area contributed by atoms with Crippen molar-refractivity contribution < 1.29 is 19.4 Å². The van der Waals surface area contributed by atoms with Crippen LogP contribution in [0.1, 0.15) is 30.4 Å². The number of ether oxygens (including phenoxy) is 2. The normalized spacial score (nSPS) is 10.6. The molecule has 6 heteroatoms. The van der Waals surface area contributed by atoms with Gasteiger partial charge in [-0.3, -0.25) is 4.57 Å². The third-order valence-corrected chi connectivity index (χ3v) is 2.72. The maximum Gasteiger partial charge on any atom is 0.356 e. The highest BCUT2D eigenvalue weighted by Gasteiger charge is 2.16. The van der Waals surface area contributed by atoms with E-state index in [1.807, 2.05) is 13.8 Å². The first-order valence-electron chi connectivity index (χ1n) is 6.15. The van der Waals surface area contributed by atoms with E-state index in [1.165, 1.54) is 6.20 Å². The van der Waals surface area contributed by atoms with Crippen molar-refractivity contribution >= 4 is 5.97 Å². The van der Waals surface area contributed by atoms with Gasteiger partial charge in [-0.2, -0.15) is 4.98 Å². The molecule has 0 aliphatic carbocycles. The van der Waals surface area contributed by atoms with Crippen molar-refractivity contribution in [3.05, 3.63) is 36.2 Å². The van der Waals surface area contributed by atoms with Gasteiger partial charge < -0.3 is 14.6 Å². The van der Waals surface area contributed by atoms with Gasteiger partial charge in [-0.05, 0) is 26.0 Å². The zero-order valence-electron chi connectivity index (χ0n) is 11.5. The summed E-state index contributed by atoms with van der Waals surface area (Å²) in [6.45, 7) is 3.84. The summed E-state index contributed by atoms with van der Waals surface area (Å²) in [6.07, 6.45) is 1.46. The van der Waals surface area contributed by atoms with Crippen molar-refractivity contribution in [2.45, 2.75) is 19.9 Å². The molecule has 2 rings (SSSR count). The highest BCUT2D eigenvalue weighted by atomic mass is 16.5. The monoisotopic (exact) mass is 276 g/mol. The molecule has 0 unspecified atom stereocenters. The summed E-state index contributed by atoms with van der Waals surface area (Å²) in [5, 5.41) is 9.00. The molecule has 0 amide bonds. The number of imidazole rings is 1. The maximum absolute atomic E-state index is 11.0. The molecular weight excluding hydrogens is 260 g/mol. The number of carboxylic acids is 1. The molecule has 1 N–H and O–H groups in total. The van der Waals surface area contributed by atoms with Gasteiger partial charge in [0.15, 0.2) is 5.69 Å². The van der Waals surface area contributed by atoms with Crippen molar-refractivity contribution in [3.8, 4) is 17.5 Å². The molecule has 1 heterocycles. The predicted molar refractivity (Wildman–Crippen MR) is 72.6 cm³/mol. The van der Waals surface area contributed by atoms with Gasteiger partial charge in [0.2, 0.25) is 0 Å². The molecule has 1 aromatic carbocycles. The van der Waals surface area contributed by atoms with Crippen LogP contribution >= 0.6 is 0 Å². The van der Waals surface area contributed by atoms with Gasteiger partial charge in [0.25, 0.3) is 0 Å². The molecule has 0 radical (unpaired) electrons. The van der Waals surface area contributed by atoms with E-state index in [0.717, 1.165) is 0 Å². The number of carbonyl (C=O) groups is 1. The van der Waals surface area contributed by atoms with Crippen LogP contribution in [0.3, 0.4) is 0 Å². The van der Waals surface area contributed by atoms with E-state index in [0.29, 0.717) is 11.5 Å². The van der Waals surface area contributed by atoms with Crippen molar-refractivity contribution in [1.29, 1.82) is 0 Å². The van der Waals surface area contributed by atoms with E-state index < -0.39 is 5.97 Å². The van der Waals surface area contributed by atoms with E-state index in [4.69, 9.17) is 14.6 Å². The number of benzene rings is 1. The summed E-state index contributed by atoms with van der Waals surface area (Å²) >= 11 is 0. The first-order chi connectivity index (χ1) is 9.51. The summed E-state index contributed by atoms with van der Waals surface area (Å²) < 4.78 is 12.4. The van der Waals surface area contributed by atoms with Crippen molar-refractivity contribution in [1.82, 2.24) is 9.55 Å². The Kier molecular flexibility index (Phi) is 3.93. The number of hydrogen-bond acceptors (Lipinski definition) is 4. The molecule has 0 aliphatic heterocycles. The van der Waals surface area contributed by atoms with Gasteiger partial charge in [-0.25, -0.2) is 4.79 Å². The minimum absolute atomic E-state index is 0.0382. The topological polar surface area (TPSA) is 73.6 Å². The van der Waals surface area contributed by atoms with Crippen LogP contribution < -0.4 is 9.47 Å². The Hall–Kier alpha value is -2.50. The summed E-state index contributed by atoms with van der Waals surface area (Å²) in [4.78, 5) is 15.0. The lowest BCUT2D eigenvalue weighted by Crippen LogP contribution is -2.02. The standard InChI is InChI=1S/C14H16N2O4/c1-9(2)16-8-12(13(17)18)15-14(16)20-11-6-4-5-10(7-11)19-3/h4-9H,1-3H3,(H,17,18). The first kappa shape index (κ1) is 13.9. The highest BCUT2D eigenvalue weighted by molar-refractivity contribution is 5.85. The van der Waals surface area contributed by atoms with Gasteiger partial charge >= 0.3 is 12.0 Å². The second kappa shape index (κ2) is 5.64. The van der Waals surface area contributed by atoms with Gasteiger partial charge in [0, 0.05) is 18.3 Å². The lowest BCUT2D eigenvalue weighted by atomic mass is 10.3. The Bertz CT molecular complexity index is 619. The Morgan fingerprint density at radius 2 is 2.05 bits per heavy atom. The third kappa shape index (κ3) is 2.90. The Morgan fingerprint density at radius 3 is 2.65 bits per heavy atom. The predicted octanol–water partition coefficient (Wildman–Crippen LogP) is 2.96. The Balaban J connectivity index is 2.34. The fourth-order valence-electron chi connectivity index (χ4n) is 1.70. The SMILES string of the molecule is COc1cccc(Oc2nc(C(=O)O)cn2C(C)C)c1. The molecule has 1 aromatic heterocycles. The smallest absolute Gasteiger partial charge is 0.356 e. The van der Waals surface area contributed by atoms with E-state index >= 15 is 0 Å². The fourth-order valence-corrected chi connectivity index (χ4v) is 1.70. The zero-order valence-corrected chi connectivity index (χ0v) is 11.5. The van der Waals surface area contributed by atoms with Crippen molar-refractivity contribution in [3.63, 3.8) is 0 Å². The molecule has 0 aliphatic rings. The molecule has 0 spiro atoms. The summed E-state index contributed by atoms with van der Waals surface area (Å²) in [7, 11) is 1.57. The number of carboxylic acid groups (broad SMARTS) is 1. The summed E-state index contributed by atoms with van der Waals surface area (Å²) in [6, 6.07) is 7.32. The van der Waals surface area contributed by atoms with Crippen LogP contribution in [0.4, 0.5) is 0 Å². The number of aromatic carboxylic acids is 1. The second-order valence-electron chi connectivity index (χ2n) is 4.50. The lowest BCUT2D eigenvalue weighted by Gasteiger charge is -2.11. The highest BCUT2D eigenvalue weighted by Crippen LogP contribution is 2.26. The van der Waals surface area contributed by atoms with E-state index in [9.17, 15) is 4.79 Å². The first-order valence-corrected chi connectivity index (χ1v) is 6.15. The molecule has 6 nitrogen and oxygen atoms in total. The molecule has 0 bridgehead atoms. The minimum Gasteiger partial charge on any atom is -0.497 e. The number of nitrogens with zero attached hydrogens (tertiary/aromatic N) is 2. The summed E-state index contributed by atoms with van der Waals surface area (Å²) in [5.41, 5.74) is -0.0448. The molecule has 0 saturated carbocycles. The maximum atomic E-state index is 11.0. The van der Waals surface area contributed by atoms with Crippen molar-refractivity contribution in [2.24, 2.45) is 0 Å². The van der Waals surface area contributed by atoms with Crippen LogP contribution in [-0.4, -0.2) is 27.7 Å². The summed E-state index contributed by atoms with van der Waals surface area (Å²) in [5.74, 6) is 0.109. The molecule has 2 aromatic rings. The van der Waals surface area contributed by atoms with Crippen LogP contribution in [0.25, 0.3) is 0 Å². The van der Waals surface area contributed by atoms with Gasteiger partial charge in [0.1, 0.15) is 11.5 Å². The number of aromatic nitrogens is 2.